The molecule has 20 heavy (non-hydrogen) atoms. The number of esters is 1. The maximum Gasteiger partial charge on any atom is 0.306 e. The van der Waals surface area contributed by atoms with Gasteiger partial charge in [0.05, 0.1) is 12.3 Å². The largest absolute Gasteiger partial charge is 0.466 e. The van der Waals surface area contributed by atoms with Crippen LogP contribution in [0.4, 0.5) is 4.39 Å². The average Bonchev–Trinajstić information content (AvgIpc) is 2.43. The van der Waals surface area contributed by atoms with Gasteiger partial charge in [0.25, 0.3) is 0 Å². The van der Waals surface area contributed by atoms with Crippen molar-refractivity contribution in [3.05, 3.63) is 34.9 Å². The molecule has 0 N–H and O–H groups in total. The predicted octanol–water partition coefficient (Wildman–Crippen LogP) is 4.01. The smallest absolute Gasteiger partial charge is 0.306 e. The quantitative estimate of drug-likeness (QED) is 0.622. The van der Waals surface area contributed by atoms with Crippen molar-refractivity contribution < 1.29 is 13.9 Å². The number of pyridine rings is 1. The average molecular weight is 298 g/mol. The van der Waals surface area contributed by atoms with Crippen LogP contribution in [-0.4, -0.2) is 17.6 Å². The summed E-state index contributed by atoms with van der Waals surface area (Å²) in [5.41, 5.74) is 1.78. The molecular weight excluding hydrogens is 281 g/mol. The molecule has 3 nitrogen and oxygen atoms in total. The molecule has 2 rings (SSSR count). The number of carbonyl (C=O) groups excluding carboxylic acids is 1. The predicted molar refractivity (Wildman–Crippen MR) is 75.8 cm³/mol. The van der Waals surface area contributed by atoms with E-state index in [1.165, 1.54) is 6.07 Å². The number of carbonyl (C=O) groups is 1. The minimum absolute atomic E-state index is 0.1000. The Labute approximate surface area is 122 Å². The fourth-order valence-electron chi connectivity index (χ4n) is 2.36. The molecule has 5 heteroatoms. The molecular formula is C15H17ClFNO2. The summed E-state index contributed by atoms with van der Waals surface area (Å²) in [5, 5.41) is -0.1000. The van der Waals surface area contributed by atoms with Gasteiger partial charge in [-0.15, -0.1) is 0 Å². The number of rotatable bonds is 4. The van der Waals surface area contributed by atoms with E-state index < -0.39 is 5.82 Å². The summed E-state index contributed by atoms with van der Waals surface area (Å²) in [6.07, 6.45) is 5.05. The normalized spacial score (nSPS) is 18.6. The Morgan fingerprint density at radius 1 is 1.55 bits per heavy atom. The fraction of sp³-hybridized carbons (Fsp3) is 0.467. The monoisotopic (exact) mass is 297 g/mol. The number of hydrogen-bond acceptors (Lipinski definition) is 3. The molecule has 1 unspecified atom stereocenters. The number of halogens is 2. The van der Waals surface area contributed by atoms with Crippen LogP contribution in [0.5, 0.6) is 0 Å². The van der Waals surface area contributed by atoms with Crippen molar-refractivity contribution >= 4 is 23.1 Å². The highest BCUT2D eigenvalue weighted by molar-refractivity contribution is 6.29. The molecule has 0 radical (unpaired) electrons. The highest BCUT2D eigenvalue weighted by Crippen LogP contribution is 2.31. The van der Waals surface area contributed by atoms with Crippen molar-refractivity contribution in [2.24, 2.45) is 5.92 Å². The van der Waals surface area contributed by atoms with Crippen LogP contribution < -0.4 is 0 Å². The number of hydrogen-bond donors (Lipinski definition) is 0. The van der Waals surface area contributed by atoms with Crippen LogP contribution >= 0.6 is 11.6 Å². The van der Waals surface area contributed by atoms with Gasteiger partial charge in [-0.05, 0) is 49.8 Å². The van der Waals surface area contributed by atoms with Crippen molar-refractivity contribution in [1.82, 2.24) is 4.98 Å². The van der Waals surface area contributed by atoms with Crippen LogP contribution in [0.25, 0.3) is 5.57 Å². The summed E-state index contributed by atoms with van der Waals surface area (Å²) >= 11 is 5.69. The lowest BCUT2D eigenvalue weighted by molar-refractivity contribution is -0.144. The Morgan fingerprint density at radius 2 is 2.35 bits per heavy atom. The molecule has 0 amide bonds. The first-order valence-electron chi connectivity index (χ1n) is 6.77. The van der Waals surface area contributed by atoms with Crippen LogP contribution in [0, 0.1) is 11.7 Å². The molecule has 1 aliphatic carbocycles. The van der Waals surface area contributed by atoms with Gasteiger partial charge in [0.2, 0.25) is 0 Å². The Morgan fingerprint density at radius 3 is 2.95 bits per heavy atom. The van der Waals surface area contributed by atoms with E-state index in [2.05, 4.69) is 11.1 Å². The Balaban J connectivity index is 1.98. The lowest BCUT2D eigenvalue weighted by Crippen LogP contribution is -2.14. The lowest BCUT2D eigenvalue weighted by Gasteiger charge is -2.21. The highest BCUT2D eigenvalue weighted by atomic mass is 35.5. The standard InChI is InChI=1S/C15H17ClFNO2/c1-2-20-14(19)9-10-3-5-11(6-4-10)13-8-7-12(17)15(16)18-13/h5,7-8,10H,2-4,6,9H2,1H3. The molecule has 108 valence electrons. The SMILES string of the molecule is CCOC(=O)CC1CC=C(c2ccc(F)c(Cl)n2)CC1. The summed E-state index contributed by atoms with van der Waals surface area (Å²) in [5.74, 6) is -0.335. The van der Waals surface area contributed by atoms with Gasteiger partial charge in [0.15, 0.2) is 11.0 Å². The highest BCUT2D eigenvalue weighted by Gasteiger charge is 2.19. The topological polar surface area (TPSA) is 39.2 Å². The van der Waals surface area contributed by atoms with E-state index >= 15 is 0 Å². The summed E-state index contributed by atoms with van der Waals surface area (Å²) in [6.45, 7) is 2.23. The van der Waals surface area contributed by atoms with E-state index in [0.717, 1.165) is 24.8 Å². The van der Waals surface area contributed by atoms with E-state index in [1.807, 2.05) is 0 Å². The molecule has 1 heterocycles. The minimum Gasteiger partial charge on any atom is -0.466 e. The Hall–Kier alpha value is -1.42. The fourth-order valence-corrected chi connectivity index (χ4v) is 2.51. The van der Waals surface area contributed by atoms with Gasteiger partial charge in [-0.2, -0.15) is 0 Å². The first kappa shape index (κ1) is 15.0. The third kappa shape index (κ3) is 3.79. The summed E-state index contributed by atoms with van der Waals surface area (Å²) < 4.78 is 18.0. The van der Waals surface area contributed by atoms with Crippen LogP contribution in [0.15, 0.2) is 18.2 Å². The van der Waals surface area contributed by atoms with E-state index in [1.54, 1.807) is 13.0 Å². The van der Waals surface area contributed by atoms with Gasteiger partial charge in [0.1, 0.15) is 0 Å². The van der Waals surface area contributed by atoms with Gasteiger partial charge in [-0.3, -0.25) is 4.79 Å². The van der Waals surface area contributed by atoms with Gasteiger partial charge >= 0.3 is 5.97 Å². The molecule has 1 atom stereocenters. The molecule has 0 bridgehead atoms. The molecule has 1 aliphatic rings. The first-order chi connectivity index (χ1) is 9.60. The molecule has 0 aliphatic heterocycles. The maximum absolute atomic E-state index is 13.1. The zero-order chi connectivity index (χ0) is 14.5. The first-order valence-corrected chi connectivity index (χ1v) is 7.15. The lowest BCUT2D eigenvalue weighted by atomic mass is 9.86. The summed E-state index contributed by atoms with van der Waals surface area (Å²) in [7, 11) is 0. The van der Waals surface area contributed by atoms with E-state index in [0.29, 0.717) is 24.6 Å². The van der Waals surface area contributed by atoms with E-state index in [4.69, 9.17) is 16.3 Å². The van der Waals surface area contributed by atoms with Crippen LogP contribution in [0.1, 0.15) is 38.3 Å². The van der Waals surface area contributed by atoms with Gasteiger partial charge in [-0.1, -0.05) is 17.7 Å². The zero-order valence-corrected chi connectivity index (χ0v) is 12.1. The third-order valence-electron chi connectivity index (χ3n) is 3.41. The van der Waals surface area contributed by atoms with Gasteiger partial charge in [0, 0.05) is 6.42 Å². The third-order valence-corrected chi connectivity index (χ3v) is 3.68. The molecule has 0 spiro atoms. The number of nitrogens with zero attached hydrogens (tertiary/aromatic N) is 1. The van der Waals surface area contributed by atoms with Crippen LogP contribution in [-0.2, 0) is 9.53 Å². The van der Waals surface area contributed by atoms with Crippen molar-refractivity contribution in [2.45, 2.75) is 32.6 Å². The number of allylic oxidation sites excluding steroid dienone is 2. The minimum atomic E-state index is -0.507. The Bertz CT molecular complexity index is 531. The molecule has 0 fully saturated rings. The van der Waals surface area contributed by atoms with Crippen LogP contribution in [0.2, 0.25) is 5.15 Å². The molecule has 1 aromatic heterocycles. The van der Waals surface area contributed by atoms with Crippen molar-refractivity contribution in [3.8, 4) is 0 Å². The molecule has 0 saturated heterocycles. The zero-order valence-electron chi connectivity index (χ0n) is 11.4. The van der Waals surface area contributed by atoms with E-state index in [-0.39, 0.29) is 11.1 Å². The van der Waals surface area contributed by atoms with Gasteiger partial charge in [-0.25, -0.2) is 9.37 Å². The molecule has 1 aromatic rings. The molecule has 0 aromatic carbocycles. The second kappa shape index (κ2) is 6.84. The number of ether oxygens (including phenoxy) is 1. The van der Waals surface area contributed by atoms with Gasteiger partial charge < -0.3 is 4.74 Å². The Kier molecular flexibility index (Phi) is 5.12. The second-order valence-electron chi connectivity index (χ2n) is 4.85. The van der Waals surface area contributed by atoms with Crippen molar-refractivity contribution in [1.29, 1.82) is 0 Å². The van der Waals surface area contributed by atoms with Crippen LogP contribution in [0.3, 0.4) is 0 Å². The number of aromatic nitrogens is 1. The van der Waals surface area contributed by atoms with Crippen molar-refractivity contribution in [3.63, 3.8) is 0 Å². The maximum atomic E-state index is 13.1. The van der Waals surface area contributed by atoms with E-state index in [9.17, 15) is 9.18 Å². The summed E-state index contributed by atoms with van der Waals surface area (Å²) in [6, 6.07) is 2.97. The molecule has 0 saturated carbocycles. The second-order valence-corrected chi connectivity index (χ2v) is 5.21. The summed E-state index contributed by atoms with van der Waals surface area (Å²) in [4.78, 5) is 15.5. The van der Waals surface area contributed by atoms with Crippen molar-refractivity contribution in [2.75, 3.05) is 6.61 Å².